The molecular weight excluding hydrogens is 200 g/mol. The van der Waals surface area contributed by atoms with Gasteiger partial charge in [-0.1, -0.05) is 37.3 Å². The van der Waals surface area contributed by atoms with Crippen LogP contribution in [0, 0.1) is 0 Å². The zero-order chi connectivity index (χ0) is 11.8. The molecule has 1 aromatic carbocycles. The van der Waals surface area contributed by atoms with Crippen LogP contribution in [0.25, 0.3) is 0 Å². The number of carbonyl (C=O) groups excluding carboxylic acids is 2. The van der Waals surface area contributed by atoms with Crippen molar-refractivity contribution in [2.45, 2.75) is 39.0 Å². The number of carbonyl (C=O) groups is 2. The van der Waals surface area contributed by atoms with E-state index in [1.54, 1.807) is 0 Å². The van der Waals surface area contributed by atoms with Crippen molar-refractivity contribution in [3.63, 3.8) is 0 Å². The first-order chi connectivity index (χ1) is 7.74. The minimum Gasteiger partial charge on any atom is -0.300 e. The lowest BCUT2D eigenvalue weighted by Crippen LogP contribution is -2.00. The molecule has 0 saturated heterocycles. The summed E-state index contributed by atoms with van der Waals surface area (Å²) in [6, 6.07) is 9.30. The summed E-state index contributed by atoms with van der Waals surface area (Å²) in [5.41, 5.74) is 0.768. The van der Waals surface area contributed by atoms with E-state index in [1.165, 1.54) is 0 Å². The van der Waals surface area contributed by atoms with Crippen LogP contribution in [-0.4, -0.2) is 11.6 Å². The first-order valence-electron chi connectivity index (χ1n) is 5.84. The third-order valence-electron chi connectivity index (χ3n) is 2.60. The van der Waals surface area contributed by atoms with Crippen LogP contribution in [0.4, 0.5) is 0 Å². The summed E-state index contributed by atoms with van der Waals surface area (Å²) in [6.45, 7) is 1.87. The van der Waals surface area contributed by atoms with Crippen LogP contribution in [-0.2, 0) is 4.79 Å². The van der Waals surface area contributed by atoms with Crippen molar-refractivity contribution in [2.75, 3.05) is 0 Å². The van der Waals surface area contributed by atoms with E-state index in [0.717, 1.165) is 18.4 Å². The van der Waals surface area contributed by atoms with Crippen LogP contribution in [0.5, 0.6) is 0 Å². The number of benzene rings is 1. The molecule has 1 aromatic rings. The van der Waals surface area contributed by atoms with Crippen LogP contribution in [0.3, 0.4) is 0 Å². The van der Waals surface area contributed by atoms with Gasteiger partial charge in [-0.3, -0.25) is 9.59 Å². The summed E-state index contributed by atoms with van der Waals surface area (Å²) in [5.74, 6) is 0.455. The van der Waals surface area contributed by atoms with Gasteiger partial charge in [0, 0.05) is 24.8 Å². The van der Waals surface area contributed by atoms with E-state index in [-0.39, 0.29) is 11.6 Å². The second-order valence-corrected chi connectivity index (χ2v) is 3.89. The molecule has 0 unspecified atom stereocenters. The molecule has 0 heterocycles. The molecule has 1 rings (SSSR count). The summed E-state index contributed by atoms with van der Waals surface area (Å²) in [6.07, 6.45) is 3.39. The molecule has 0 aromatic heterocycles. The molecule has 0 N–H and O–H groups in total. The first-order valence-corrected chi connectivity index (χ1v) is 5.84. The zero-order valence-corrected chi connectivity index (χ0v) is 9.74. The standard InChI is InChI=1S/C14H18O2/c1-2-13(15)10-6-7-11-14(16)12-8-4-3-5-9-12/h3-5,8-9H,2,6-7,10-11H2,1H3. The summed E-state index contributed by atoms with van der Waals surface area (Å²) in [7, 11) is 0. The summed E-state index contributed by atoms with van der Waals surface area (Å²) < 4.78 is 0. The molecule has 0 amide bonds. The largest absolute Gasteiger partial charge is 0.300 e. The van der Waals surface area contributed by atoms with Gasteiger partial charge in [-0.15, -0.1) is 0 Å². The Labute approximate surface area is 96.7 Å². The maximum Gasteiger partial charge on any atom is 0.162 e. The fourth-order valence-electron chi connectivity index (χ4n) is 1.55. The Hall–Kier alpha value is -1.44. The predicted octanol–water partition coefficient (Wildman–Crippen LogP) is 3.41. The Morgan fingerprint density at radius 2 is 1.62 bits per heavy atom. The molecule has 86 valence electrons. The molecule has 0 saturated carbocycles. The zero-order valence-electron chi connectivity index (χ0n) is 9.74. The average molecular weight is 218 g/mol. The highest BCUT2D eigenvalue weighted by Gasteiger charge is 2.05. The highest BCUT2D eigenvalue weighted by Crippen LogP contribution is 2.08. The van der Waals surface area contributed by atoms with E-state index < -0.39 is 0 Å². The highest BCUT2D eigenvalue weighted by atomic mass is 16.1. The SMILES string of the molecule is CCC(=O)CCCCC(=O)c1ccccc1. The maximum absolute atomic E-state index is 11.7. The van der Waals surface area contributed by atoms with Gasteiger partial charge >= 0.3 is 0 Å². The quantitative estimate of drug-likeness (QED) is 0.519. The van der Waals surface area contributed by atoms with Crippen molar-refractivity contribution in [2.24, 2.45) is 0 Å². The second kappa shape index (κ2) is 6.94. The number of hydrogen-bond donors (Lipinski definition) is 0. The lowest BCUT2D eigenvalue weighted by Gasteiger charge is -2.00. The van der Waals surface area contributed by atoms with Crippen LogP contribution in [0.1, 0.15) is 49.4 Å². The van der Waals surface area contributed by atoms with E-state index in [4.69, 9.17) is 0 Å². The lowest BCUT2D eigenvalue weighted by atomic mass is 10.0. The van der Waals surface area contributed by atoms with Gasteiger partial charge in [-0.2, -0.15) is 0 Å². The van der Waals surface area contributed by atoms with E-state index >= 15 is 0 Å². The third kappa shape index (κ3) is 4.39. The second-order valence-electron chi connectivity index (χ2n) is 3.89. The van der Waals surface area contributed by atoms with Crippen molar-refractivity contribution in [3.05, 3.63) is 35.9 Å². The number of Topliss-reactive ketones (excluding diaryl/α,β-unsaturated/α-hetero) is 2. The average Bonchev–Trinajstić information content (AvgIpc) is 2.35. The summed E-state index contributed by atoms with van der Waals surface area (Å²) >= 11 is 0. The van der Waals surface area contributed by atoms with Gasteiger partial charge in [0.1, 0.15) is 5.78 Å². The Morgan fingerprint density at radius 3 is 2.25 bits per heavy atom. The van der Waals surface area contributed by atoms with Crippen LogP contribution in [0.15, 0.2) is 30.3 Å². The predicted molar refractivity (Wildman–Crippen MR) is 64.5 cm³/mol. The number of hydrogen-bond acceptors (Lipinski definition) is 2. The smallest absolute Gasteiger partial charge is 0.162 e. The van der Waals surface area contributed by atoms with Crippen LogP contribution >= 0.6 is 0 Å². The molecule has 2 nitrogen and oxygen atoms in total. The molecule has 0 aliphatic heterocycles. The van der Waals surface area contributed by atoms with Gasteiger partial charge in [0.15, 0.2) is 5.78 Å². The topological polar surface area (TPSA) is 34.1 Å². The normalized spacial score (nSPS) is 10.1. The first kappa shape index (κ1) is 12.6. The number of unbranched alkanes of at least 4 members (excludes halogenated alkanes) is 1. The van der Waals surface area contributed by atoms with E-state index in [2.05, 4.69) is 0 Å². The van der Waals surface area contributed by atoms with Gasteiger partial charge < -0.3 is 0 Å². The fraction of sp³-hybridized carbons (Fsp3) is 0.429. The van der Waals surface area contributed by atoms with Gasteiger partial charge in [0.05, 0.1) is 0 Å². The van der Waals surface area contributed by atoms with Crippen LogP contribution < -0.4 is 0 Å². The van der Waals surface area contributed by atoms with Crippen molar-refractivity contribution in [1.82, 2.24) is 0 Å². The van der Waals surface area contributed by atoms with E-state index in [0.29, 0.717) is 19.3 Å². The van der Waals surface area contributed by atoms with E-state index in [9.17, 15) is 9.59 Å². The molecule has 0 atom stereocenters. The maximum atomic E-state index is 11.7. The number of rotatable bonds is 7. The molecule has 2 heteroatoms. The monoisotopic (exact) mass is 218 g/mol. The molecule has 0 aliphatic rings. The summed E-state index contributed by atoms with van der Waals surface area (Å²) in [5, 5.41) is 0. The molecular formula is C14H18O2. The van der Waals surface area contributed by atoms with Gasteiger partial charge in [-0.05, 0) is 12.8 Å². The van der Waals surface area contributed by atoms with Gasteiger partial charge in [0.2, 0.25) is 0 Å². The van der Waals surface area contributed by atoms with E-state index in [1.807, 2.05) is 37.3 Å². The van der Waals surface area contributed by atoms with Gasteiger partial charge in [-0.25, -0.2) is 0 Å². The number of ketones is 2. The molecule has 0 aliphatic carbocycles. The molecule has 0 bridgehead atoms. The lowest BCUT2D eigenvalue weighted by molar-refractivity contribution is -0.118. The van der Waals surface area contributed by atoms with Crippen molar-refractivity contribution >= 4 is 11.6 Å². The van der Waals surface area contributed by atoms with Crippen molar-refractivity contribution in [3.8, 4) is 0 Å². The van der Waals surface area contributed by atoms with Gasteiger partial charge in [0.25, 0.3) is 0 Å². The van der Waals surface area contributed by atoms with Crippen molar-refractivity contribution in [1.29, 1.82) is 0 Å². The Balaban J connectivity index is 2.24. The highest BCUT2D eigenvalue weighted by molar-refractivity contribution is 5.95. The Kier molecular flexibility index (Phi) is 5.48. The molecule has 0 spiro atoms. The Bertz CT molecular complexity index is 341. The van der Waals surface area contributed by atoms with Crippen molar-refractivity contribution < 1.29 is 9.59 Å². The summed E-state index contributed by atoms with van der Waals surface area (Å²) in [4.78, 5) is 22.7. The van der Waals surface area contributed by atoms with Crippen LogP contribution in [0.2, 0.25) is 0 Å². The molecule has 0 radical (unpaired) electrons. The third-order valence-corrected chi connectivity index (χ3v) is 2.60. The minimum absolute atomic E-state index is 0.171. The molecule has 16 heavy (non-hydrogen) atoms. The minimum atomic E-state index is 0.171. The Morgan fingerprint density at radius 1 is 1.00 bits per heavy atom. The molecule has 0 fully saturated rings. The fourth-order valence-corrected chi connectivity index (χ4v) is 1.55.